The van der Waals surface area contributed by atoms with Gasteiger partial charge in [0.1, 0.15) is 17.2 Å². The van der Waals surface area contributed by atoms with Crippen molar-refractivity contribution in [1.82, 2.24) is 4.98 Å². The molecule has 1 unspecified atom stereocenters. The predicted molar refractivity (Wildman–Crippen MR) is 80.6 cm³/mol. The predicted octanol–water partition coefficient (Wildman–Crippen LogP) is 3.23. The normalized spacial score (nSPS) is 12.1. The lowest BCUT2D eigenvalue weighted by Crippen LogP contribution is -2.15. The second-order valence-corrected chi connectivity index (χ2v) is 4.92. The number of nitrogens with one attached hydrogen (secondary N) is 1. The fourth-order valence-electron chi connectivity index (χ4n) is 2.07. The van der Waals surface area contributed by atoms with E-state index in [1.54, 1.807) is 13.3 Å². The first-order valence-electron chi connectivity index (χ1n) is 6.56. The van der Waals surface area contributed by atoms with Gasteiger partial charge in [-0.1, -0.05) is 0 Å². The lowest BCUT2D eigenvalue weighted by atomic mass is 10.2. The van der Waals surface area contributed by atoms with Crippen LogP contribution in [0.2, 0.25) is 0 Å². The van der Waals surface area contributed by atoms with Crippen molar-refractivity contribution in [2.45, 2.75) is 19.9 Å². The van der Waals surface area contributed by atoms with E-state index in [0.29, 0.717) is 5.88 Å². The molecular formula is C15H21N3O2. The molecule has 1 N–H and O–H groups in total. The van der Waals surface area contributed by atoms with Gasteiger partial charge in [-0.15, -0.1) is 0 Å². The molecule has 5 heteroatoms. The number of nitrogens with zero attached hydrogens (tertiary/aromatic N) is 2. The third-order valence-electron chi connectivity index (χ3n) is 3.12. The number of aromatic nitrogens is 1. The van der Waals surface area contributed by atoms with Crippen LogP contribution in [-0.4, -0.2) is 26.2 Å². The van der Waals surface area contributed by atoms with Crippen LogP contribution in [0, 0.1) is 6.92 Å². The van der Waals surface area contributed by atoms with Crippen LogP contribution in [0.5, 0.6) is 5.88 Å². The number of methoxy groups -OCH3 is 1. The summed E-state index contributed by atoms with van der Waals surface area (Å²) >= 11 is 0. The molecule has 2 heterocycles. The summed E-state index contributed by atoms with van der Waals surface area (Å²) in [4.78, 5) is 6.27. The Kier molecular flexibility index (Phi) is 4.17. The van der Waals surface area contributed by atoms with Crippen molar-refractivity contribution in [2.75, 3.05) is 31.4 Å². The van der Waals surface area contributed by atoms with E-state index >= 15 is 0 Å². The minimum Gasteiger partial charge on any atom is -0.479 e. The van der Waals surface area contributed by atoms with E-state index in [1.165, 1.54) is 0 Å². The molecule has 0 spiro atoms. The first kappa shape index (κ1) is 14.2. The molecule has 108 valence electrons. The molecule has 0 aliphatic carbocycles. The van der Waals surface area contributed by atoms with E-state index in [4.69, 9.17) is 9.15 Å². The van der Waals surface area contributed by atoms with Crippen LogP contribution < -0.4 is 15.0 Å². The van der Waals surface area contributed by atoms with E-state index in [9.17, 15) is 0 Å². The molecule has 0 aliphatic rings. The molecule has 2 aromatic heterocycles. The van der Waals surface area contributed by atoms with Crippen molar-refractivity contribution in [3.8, 4) is 5.88 Å². The Balaban J connectivity index is 2.32. The summed E-state index contributed by atoms with van der Waals surface area (Å²) in [6.07, 6.45) is 1.74. The molecule has 2 rings (SSSR count). The summed E-state index contributed by atoms with van der Waals surface area (Å²) < 4.78 is 11.0. The number of furan rings is 1. The average molecular weight is 275 g/mol. The second kappa shape index (κ2) is 5.86. The number of hydrogen-bond acceptors (Lipinski definition) is 5. The third-order valence-corrected chi connectivity index (χ3v) is 3.12. The Morgan fingerprint density at radius 1 is 1.30 bits per heavy atom. The van der Waals surface area contributed by atoms with Crippen molar-refractivity contribution in [1.29, 1.82) is 0 Å². The van der Waals surface area contributed by atoms with E-state index < -0.39 is 0 Å². The monoisotopic (exact) mass is 275 g/mol. The number of hydrogen-bond donors (Lipinski definition) is 1. The van der Waals surface area contributed by atoms with E-state index in [-0.39, 0.29) is 6.04 Å². The van der Waals surface area contributed by atoms with Gasteiger partial charge in [0, 0.05) is 20.3 Å². The molecule has 0 amide bonds. The summed E-state index contributed by atoms with van der Waals surface area (Å²) in [5.74, 6) is 2.36. The minimum absolute atomic E-state index is 0.0282. The average Bonchev–Trinajstić information content (AvgIpc) is 2.85. The number of anilines is 2. The van der Waals surface area contributed by atoms with E-state index in [0.717, 1.165) is 22.9 Å². The van der Waals surface area contributed by atoms with Gasteiger partial charge in [-0.2, -0.15) is 0 Å². The highest BCUT2D eigenvalue weighted by Crippen LogP contribution is 2.35. The van der Waals surface area contributed by atoms with Gasteiger partial charge in [-0.3, -0.25) is 0 Å². The highest BCUT2D eigenvalue weighted by atomic mass is 16.5. The molecule has 0 aromatic carbocycles. The first-order chi connectivity index (χ1) is 9.52. The zero-order chi connectivity index (χ0) is 14.7. The molecule has 0 radical (unpaired) electrons. The van der Waals surface area contributed by atoms with Gasteiger partial charge in [0.15, 0.2) is 0 Å². The molecule has 1 atom stereocenters. The summed E-state index contributed by atoms with van der Waals surface area (Å²) in [6.45, 7) is 3.98. The van der Waals surface area contributed by atoms with Crippen LogP contribution >= 0.6 is 0 Å². The Morgan fingerprint density at radius 3 is 2.60 bits per heavy atom. The zero-order valence-corrected chi connectivity index (χ0v) is 12.6. The SMILES string of the molecule is COc1nccc(N(C)C)c1NC(C)c1ccc(C)o1. The van der Waals surface area contributed by atoms with Crippen LogP contribution in [0.1, 0.15) is 24.5 Å². The maximum atomic E-state index is 5.65. The topological polar surface area (TPSA) is 50.5 Å². The summed E-state index contributed by atoms with van der Waals surface area (Å²) in [5, 5.41) is 3.42. The maximum absolute atomic E-state index is 5.65. The van der Waals surface area contributed by atoms with Gasteiger partial charge in [0.25, 0.3) is 0 Å². The smallest absolute Gasteiger partial charge is 0.239 e. The molecule has 20 heavy (non-hydrogen) atoms. The Labute approximate surface area is 119 Å². The van der Waals surface area contributed by atoms with Crippen LogP contribution in [0.25, 0.3) is 0 Å². The lowest BCUT2D eigenvalue weighted by molar-refractivity contribution is 0.398. The standard InChI is InChI=1S/C15H21N3O2/c1-10-6-7-13(20-10)11(2)17-14-12(18(3)4)8-9-16-15(14)19-5/h6-9,11,17H,1-5H3. The van der Waals surface area contributed by atoms with Gasteiger partial charge in [0.05, 0.1) is 18.8 Å². The summed E-state index contributed by atoms with van der Waals surface area (Å²) in [7, 11) is 5.60. The molecule has 0 aliphatic heterocycles. The lowest BCUT2D eigenvalue weighted by Gasteiger charge is -2.22. The van der Waals surface area contributed by atoms with Crippen molar-refractivity contribution in [2.24, 2.45) is 0 Å². The Bertz CT molecular complexity index is 578. The Morgan fingerprint density at radius 2 is 2.05 bits per heavy atom. The minimum atomic E-state index is 0.0282. The number of aryl methyl sites for hydroxylation is 1. The van der Waals surface area contributed by atoms with Gasteiger partial charge < -0.3 is 19.4 Å². The number of ether oxygens (including phenoxy) is 1. The molecule has 0 bridgehead atoms. The molecule has 2 aromatic rings. The largest absolute Gasteiger partial charge is 0.479 e. The van der Waals surface area contributed by atoms with Crippen LogP contribution in [0.3, 0.4) is 0 Å². The number of rotatable bonds is 5. The summed E-state index contributed by atoms with van der Waals surface area (Å²) in [6, 6.07) is 5.91. The van der Waals surface area contributed by atoms with Gasteiger partial charge >= 0.3 is 0 Å². The highest BCUT2D eigenvalue weighted by molar-refractivity contribution is 5.74. The summed E-state index contributed by atoms with van der Waals surface area (Å²) in [5.41, 5.74) is 1.88. The van der Waals surface area contributed by atoms with Crippen molar-refractivity contribution >= 4 is 11.4 Å². The van der Waals surface area contributed by atoms with Crippen LogP contribution in [-0.2, 0) is 0 Å². The fraction of sp³-hybridized carbons (Fsp3) is 0.400. The van der Waals surface area contributed by atoms with E-state index in [1.807, 2.05) is 51.0 Å². The van der Waals surface area contributed by atoms with Gasteiger partial charge in [0.2, 0.25) is 5.88 Å². The molecular weight excluding hydrogens is 254 g/mol. The van der Waals surface area contributed by atoms with E-state index in [2.05, 4.69) is 10.3 Å². The van der Waals surface area contributed by atoms with Crippen LogP contribution in [0.4, 0.5) is 11.4 Å². The van der Waals surface area contributed by atoms with Crippen LogP contribution in [0.15, 0.2) is 28.8 Å². The zero-order valence-electron chi connectivity index (χ0n) is 12.6. The highest BCUT2D eigenvalue weighted by Gasteiger charge is 2.17. The van der Waals surface area contributed by atoms with Crippen molar-refractivity contribution < 1.29 is 9.15 Å². The van der Waals surface area contributed by atoms with Gasteiger partial charge in [-0.25, -0.2) is 4.98 Å². The first-order valence-corrected chi connectivity index (χ1v) is 6.56. The maximum Gasteiger partial charge on any atom is 0.239 e. The second-order valence-electron chi connectivity index (χ2n) is 4.92. The molecule has 0 fully saturated rings. The molecule has 0 saturated carbocycles. The number of pyridine rings is 1. The third kappa shape index (κ3) is 2.87. The Hall–Kier alpha value is -2.17. The fourth-order valence-corrected chi connectivity index (χ4v) is 2.07. The quantitative estimate of drug-likeness (QED) is 0.908. The van der Waals surface area contributed by atoms with Crippen molar-refractivity contribution in [3.63, 3.8) is 0 Å². The van der Waals surface area contributed by atoms with Gasteiger partial charge in [-0.05, 0) is 32.0 Å². The molecule has 5 nitrogen and oxygen atoms in total. The van der Waals surface area contributed by atoms with Crippen molar-refractivity contribution in [3.05, 3.63) is 35.9 Å². The molecule has 0 saturated heterocycles.